The second kappa shape index (κ2) is 7.97. The minimum absolute atomic E-state index is 0.547. The normalized spacial score (nSPS) is 11.6. The number of para-hydroxylation sites is 1. The molecule has 28 heavy (non-hydrogen) atoms. The highest BCUT2D eigenvalue weighted by atomic mass is 35.5. The average molecular weight is 407 g/mol. The highest BCUT2D eigenvalue weighted by molar-refractivity contribution is 6.33. The number of hydrogen-bond donors (Lipinski definition) is 1. The van der Waals surface area contributed by atoms with Gasteiger partial charge in [-0.1, -0.05) is 59.6 Å². The molecule has 1 heterocycles. The largest absolute Gasteiger partial charge is 0.260 e. The number of nitrogens with one attached hydrogen (secondary N) is 1. The van der Waals surface area contributed by atoms with Crippen LogP contribution in [0.5, 0.6) is 0 Å². The molecule has 0 saturated heterocycles. The summed E-state index contributed by atoms with van der Waals surface area (Å²) in [5.74, 6) is 1.17. The first-order valence-corrected chi connectivity index (χ1v) is 9.45. The van der Waals surface area contributed by atoms with Gasteiger partial charge in [0.2, 0.25) is 0 Å². The Kier molecular flexibility index (Phi) is 5.24. The lowest BCUT2D eigenvalue weighted by Crippen LogP contribution is -2.03. The van der Waals surface area contributed by atoms with Crippen LogP contribution in [0.15, 0.2) is 77.9 Å². The van der Waals surface area contributed by atoms with Gasteiger partial charge in [-0.05, 0) is 48.9 Å². The monoisotopic (exact) mass is 406 g/mol. The van der Waals surface area contributed by atoms with E-state index in [9.17, 15) is 0 Å². The predicted molar refractivity (Wildman–Crippen MR) is 117 cm³/mol. The number of halogens is 2. The van der Waals surface area contributed by atoms with Crippen LogP contribution in [0.4, 0.5) is 5.82 Å². The Bertz CT molecular complexity index is 1170. The topological polar surface area (TPSA) is 50.2 Å². The summed E-state index contributed by atoms with van der Waals surface area (Å²) >= 11 is 12.3. The van der Waals surface area contributed by atoms with Crippen molar-refractivity contribution in [1.82, 2.24) is 9.97 Å². The van der Waals surface area contributed by atoms with Gasteiger partial charge in [-0.25, -0.2) is 9.97 Å². The second-order valence-electron chi connectivity index (χ2n) is 6.21. The number of aromatic nitrogens is 2. The standard InChI is InChI=1S/C22H16Cl2N4/c1-14(15-10-12-16(23)13-11-15)27-28-22-18-7-3-5-9-20(18)25-21(26-22)17-6-2-4-8-19(17)24/h2-13H,1H3,(H,25,26,28). The van der Waals surface area contributed by atoms with E-state index in [0.717, 1.165) is 27.7 Å². The van der Waals surface area contributed by atoms with Crippen LogP contribution in [0, 0.1) is 0 Å². The fraction of sp³-hybridized carbons (Fsp3) is 0.0455. The lowest BCUT2D eigenvalue weighted by molar-refractivity contribution is 1.18. The number of benzene rings is 3. The quantitative estimate of drug-likeness (QED) is 0.313. The van der Waals surface area contributed by atoms with Crippen LogP contribution in [0.2, 0.25) is 10.0 Å². The maximum Gasteiger partial charge on any atom is 0.163 e. The van der Waals surface area contributed by atoms with Crippen LogP contribution in [0.3, 0.4) is 0 Å². The van der Waals surface area contributed by atoms with Crippen LogP contribution >= 0.6 is 23.2 Å². The van der Waals surface area contributed by atoms with E-state index in [1.807, 2.05) is 79.7 Å². The van der Waals surface area contributed by atoms with Crippen molar-refractivity contribution in [2.45, 2.75) is 6.92 Å². The third-order valence-corrected chi connectivity index (χ3v) is 4.89. The second-order valence-corrected chi connectivity index (χ2v) is 7.05. The summed E-state index contributed by atoms with van der Waals surface area (Å²) in [5, 5.41) is 6.67. The number of fused-ring (bicyclic) bond motifs is 1. The van der Waals surface area contributed by atoms with E-state index in [1.54, 1.807) is 0 Å². The van der Waals surface area contributed by atoms with Crippen LogP contribution in [-0.2, 0) is 0 Å². The van der Waals surface area contributed by atoms with E-state index in [-0.39, 0.29) is 0 Å². The molecular formula is C22H16Cl2N4. The van der Waals surface area contributed by atoms with Gasteiger partial charge in [0.25, 0.3) is 0 Å². The van der Waals surface area contributed by atoms with Gasteiger partial charge in [-0.3, -0.25) is 5.43 Å². The first kappa shape index (κ1) is 18.4. The average Bonchev–Trinajstić information content (AvgIpc) is 2.72. The van der Waals surface area contributed by atoms with Crippen molar-refractivity contribution in [3.8, 4) is 11.4 Å². The summed E-state index contributed by atoms with van der Waals surface area (Å²) in [6, 6.07) is 22.8. The molecule has 0 radical (unpaired) electrons. The summed E-state index contributed by atoms with van der Waals surface area (Å²) in [7, 11) is 0. The fourth-order valence-corrected chi connectivity index (χ4v) is 3.16. The van der Waals surface area contributed by atoms with Crippen molar-refractivity contribution in [2.75, 3.05) is 5.43 Å². The molecule has 4 aromatic rings. The minimum Gasteiger partial charge on any atom is -0.260 e. The van der Waals surface area contributed by atoms with Gasteiger partial charge in [0.05, 0.1) is 16.3 Å². The maximum absolute atomic E-state index is 6.34. The summed E-state index contributed by atoms with van der Waals surface area (Å²) in [4.78, 5) is 9.34. The van der Waals surface area contributed by atoms with Crippen molar-refractivity contribution in [2.24, 2.45) is 5.10 Å². The Balaban J connectivity index is 1.76. The number of hydrogen-bond acceptors (Lipinski definition) is 4. The molecule has 4 rings (SSSR count). The third-order valence-electron chi connectivity index (χ3n) is 4.31. The fourth-order valence-electron chi connectivity index (χ4n) is 2.82. The van der Waals surface area contributed by atoms with E-state index >= 15 is 0 Å². The molecule has 0 atom stereocenters. The molecule has 4 nitrogen and oxygen atoms in total. The molecular weight excluding hydrogens is 391 g/mol. The van der Waals surface area contributed by atoms with Crippen molar-refractivity contribution in [3.05, 3.63) is 88.4 Å². The summed E-state index contributed by atoms with van der Waals surface area (Å²) in [6.45, 7) is 1.93. The van der Waals surface area contributed by atoms with E-state index in [1.165, 1.54) is 0 Å². The summed E-state index contributed by atoms with van der Waals surface area (Å²) in [5.41, 5.74) is 6.47. The van der Waals surface area contributed by atoms with Gasteiger partial charge in [0.1, 0.15) is 0 Å². The lowest BCUT2D eigenvalue weighted by Gasteiger charge is -2.10. The molecule has 0 spiro atoms. The van der Waals surface area contributed by atoms with Gasteiger partial charge in [-0.15, -0.1) is 0 Å². The molecule has 0 saturated carbocycles. The van der Waals surface area contributed by atoms with Crippen molar-refractivity contribution in [3.63, 3.8) is 0 Å². The molecule has 0 aliphatic rings. The Labute approximate surface area is 172 Å². The molecule has 0 bridgehead atoms. The van der Waals surface area contributed by atoms with Crippen LogP contribution in [-0.4, -0.2) is 15.7 Å². The Morgan fingerprint density at radius 2 is 1.57 bits per heavy atom. The van der Waals surface area contributed by atoms with E-state index in [2.05, 4.69) is 20.5 Å². The van der Waals surface area contributed by atoms with Gasteiger partial charge in [-0.2, -0.15) is 5.10 Å². The molecule has 1 N–H and O–H groups in total. The van der Waals surface area contributed by atoms with Crippen LogP contribution < -0.4 is 5.43 Å². The van der Waals surface area contributed by atoms with Crippen LogP contribution in [0.1, 0.15) is 12.5 Å². The third kappa shape index (κ3) is 3.84. The van der Waals surface area contributed by atoms with E-state index in [4.69, 9.17) is 23.2 Å². The Morgan fingerprint density at radius 1 is 0.857 bits per heavy atom. The van der Waals surface area contributed by atoms with Gasteiger partial charge < -0.3 is 0 Å². The highest BCUT2D eigenvalue weighted by Gasteiger charge is 2.11. The van der Waals surface area contributed by atoms with Gasteiger partial charge in [0, 0.05) is 16.0 Å². The number of rotatable bonds is 4. The molecule has 0 unspecified atom stereocenters. The number of nitrogens with zero attached hydrogens (tertiary/aromatic N) is 3. The molecule has 0 aliphatic heterocycles. The number of hydrazone groups is 1. The maximum atomic E-state index is 6.34. The van der Waals surface area contributed by atoms with Gasteiger partial charge >= 0.3 is 0 Å². The molecule has 6 heteroatoms. The minimum atomic E-state index is 0.547. The molecule has 0 aliphatic carbocycles. The predicted octanol–water partition coefficient (Wildman–Crippen LogP) is 6.44. The van der Waals surface area contributed by atoms with Crippen molar-refractivity contribution < 1.29 is 0 Å². The zero-order chi connectivity index (χ0) is 19.5. The molecule has 3 aromatic carbocycles. The van der Waals surface area contributed by atoms with E-state index in [0.29, 0.717) is 21.7 Å². The zero-order valence-electron chi connectivity index (χ0n) is 15.0. The SMILES string of the molecule is CC(=NNc1nc(-c2ccccc2Cl)nc2ccccc12)c1ccc(Cl)cc1. The molecule has 138 valence electrons. The Hall–Kier alpha value is -2.95. The van der Waals surface area contributed by atoms with Crippen LogP contribution in [0.25, 0.3) is 22.3 Å². The number of anilines is 1. The molecule has 0 fully saturated rings. The smallest absolute Gasteiger partial charge is 0.163 e. The summed E-state index contributed by atoms with van der Waals surface area (Å²) < 4.78 is 0. The highest BCUT2D eigenvalue weighted by Crippen LogP contribution is 2.29. The Morgan fingerprint density at radius 3 is 2.36 bits per heavy atom. The molecule has 0 amide bonds. The summed E-state index contributed by atoms with van der Waals surface area (Å²) in [6.07, 6.45) is 0. The van der Waals surface area contributed by atoms with Gasteiger partial charge in [0.15, 0.2) is 11.6 Å². The molecule has 1 aromatic heterocycles. The first-order valence-electron chi connectivity index (χ1n) is 8.70. The van der Waals surface area contributed by atoms with E-state index < -0.39 is 0 Å². The first-order chi connectivity index (χ1) is 13.6. The van der Waals surface area contributed by atoms with Crippen molar-refractivity contribution in [1.29, 1.82) is 0 Å². The van der Waals surface area contributed by atoms with Crippen molar-refractivity contribution >= 4 is 45.6 Å². The lowest BCUT2D eigenvalue weighted by atomic mass is 10.1. The zero-order valence-corrected chi connectivity index (χ0v) is 16.5.